The van der Waals surface area contributed by atoms with Crippen molar-refractivity contribution in [2.75, 3.05) is 0 Å². The van der Waals surface area contributed by atoms with Crippen molar-refractivity contribution in [1.82, 2.24) is 15.0 Å². The Kier molecular flexibility index (Phi) is 2.34. The van der Waals surface area contributed by atoms with Gasteiger partial charge in [-0.1, -0.05) is 24.3 Å². The fraction of sp³-hybridized carbons (Fsp3) is 0.0769. The molecular weight excluding hydrogens is 212 g/mol. The van der Waals surface area contributed by atoms with Crippen LogP contribution in [-0.2, 0) is 6.54 Å². The van der Waals surface area contributed by atoms with Crippen LogP contribution >= 0.6 is 0 Å². The molecule has 3 aromatic rings. The van der Waals surface area contributed by atoms with Crippen LogP contribution in [0, 0.1) is 0 Å². The predicted molar refractivity (Wildman–Crippen MR) is 67.2 cm³/mol. The molecule has 0 saturated heterocycles. The molecule has 0 bridgehead atoms. The summed E-state index contributed by atoms with van der Waals surface area (Å²) in [6.45, 7) is 0.456. The van der Waals surface area contributed by atoms with E-state index < -0.39 is 0 Å². The van der Waals surface area contributed by atoms with Gasteiger partial charge in [-0.25, -0.2) is 4.98 Å². The molecule has 1 aromatic carbocycles. The summed E-state index contributed by atoms with van der Waals surface area (Å²) in [6, 6.07) is 10.1. The van der Waals surface area contributed by atoms with Crippen molar-refractivity contribution in [2.24, 2.45) is 5.73 Å². The summed E-state index contributed by atoms with van der Waals surface area (Å²) in [5.41, 5.74) is 7.34. The van der Waals surface area contributed by atoms with E-state index in [1.807, 2.05) is 24.3 Å². The van der Waals surface area contributed by atoms with Crippen molar-refractivity contribution in [3.8, 4) is 11.5 Å². The van der Waals surface area contributed by atoms with Crippen LogP contribution in [0.4, 0.5) is 0 Å². The lowest BCUT2D eigenvalue weighted by atomic mass is 10.1. The summed E-state index contributed by atoms with van der Waals surface area (Å²) >= 11 is 0. The van der Waals surface area contributed by atoms with E-state index in [1.54, 1.807) is 12.4 Å². The number of hydrogen-bond donors (Lipinski definition) is 2. The highest BCUT2D eigenvalue weighted by Gasteiger charge is 2.07. The van der Waals surface area contributed by atoms with E-state index in [-0.39, 0.29) is 0 Å². The monoisotopic (exact) mass is 224 g/mol. The zero-order valence-electron chi connectivity index (χ0n) is 9.22. The summed E-state index contributed by atoms with van der Waals surface area (Å²) in [4.78, 5) is 11.9. The van der Waals surface area contributed by atoms with E-state index in [1.165, 1.54) is 0 Å². The summed E-state index contributed by atoms with van der Waals surface area (Å²) in [7, 11) is 0. The van der Waals surface area contributed by atoms with Crippen molar-refractivity contribution >= 4 is 10.8 Å². The van der Waals surface area contributed by atoms with Crippen LogP contribution in [0.15, 0.2) is 42.7 Å². The number of aromatic amines is 1. The zero-order valence-corrected chi connectivity index (χ0v) is 9.22. The molecule has 0 unspecified atom stereocenters. The minimum absolute atomic E-state index is 0.456. The van der Waals surface area contributed by atoms with E-state index >= 15 is 0 Å². The van der Waals surface area contributed by atoms with Crippen molar-refractivity contribution < 1.29 is 0 Å². The topological polar surface area (TPSA) is 67.6 Å². The third-order valence-corrected chi connectivity index (χ3v) is 2.75. The molecule has 84 valence electrons. The molecule has 2 aromatic heterocycles. The van der Waals surface area contributed by atoms with Gasteiger partial charge in [0, 0.05) is 30.0 Å². The summed E-state index contributed by atoms with van der Waals surface area (Å²) in [5.74, 6) is 0.766. The average Bonchev–Trinajstić information content (AvgIpc) is 2.87. The van der Waals surface area contributed by atoms with Gasteiger partial charge in [-0.3, -0.25) is 4.98 Å². The lowest BCUT2D eigenvalue weighted by Gasteiger charge is -2.02. The Morgan fingerprint density at radius 3 is 2.82 bits per heavy atom. The molecule has 4 nitrogen and oxygen atoms in total. The number of nitrogens with zero attached hydrogens (tertiary/aromatic N) is 2. The Hall–Kier alpha value is -2.20. The van der Waals surface area contributed by atoms with E-state index in [0.29, 0.717) is 6.54 Å². The summed E-state index contributed by atoms with van der Waals surface area (Å²) < 4.78 is 0. The van der Waals surface area contributed by atoms with Crippen molar-refractivity contribution in [1.29, 1.82) is 0 Å². The Balaban J connectivity index is 2.23. The number of aromatic nitrogens is 3. The first-order valence-electron chi connectivity index (χ1n) is 5.46. The first-order chi connectivity index (χ1) is 8.38. The van der Waals surface area contributed by atoms with Crippen LogP contribution in [0.5, 0.6) is 0 Å². The molecular formula is C13H12N4. The van der Waals surface area contributed by atoms with Gasteiger partial charge in [0.25, 0.3) is 0 Å². The quantitative estimate of drug-likeness (QED) is 0.700. The third-order valence-electron chi connectivity index (χ3n) is 2.75. The fourth-order valence-corrected chi connectivity index (χ4v) is 1.89. The molecule has 0 aliphatic carbocycles. The van der Waals surface area contributed by atoms with Crippen LogP contribution in [-0.4, -0.2) is 15.0 Å². The van der Waals surface area contributed by atoms with Crippen LogP contribution in [0.2, 0.25) is 0 Å². The molecule has 2 heterocycles. The largest absolute Gasteiger partial charge is 0.339 e. The number of H-pyrrole nitrogens is 1. The maximum absolute atomic E-state index is 5.56. The molecule has 0 aliphatic rings. The molecule has 3 N–H and O–H groups in total. The van der Waals surface area contributed by atoms with E-state index in [0.717, 1.165) is 28.0 Å². The maximum atomic E-state index is 5.56. The summed E-state index contributed by atoms with van der Waals surface area (Å²) in [5, 5.41) is 2.25. The second-order valence-electron chi connectivity index (χ2n) is 3.84. The van der Waals surface area contributed by atoms with Gasteiger partial charge in [-0.2, -0.15) is 0 Å². The van der Waals surface area contributed by atoms with E-state index in [9.17, 15) is 0 Å². The molecule has 0 saturated carbocycles. The fourth-order valence-electron chi connectivity index (χ4n) is 1.89. The molecule has 0 aliphatic heterocycles. The number of nitrogens with one attached hydrogen (secondary N) is 1. The second kappa shape index (κ2) is 3.99. The molecule has 0 atom stereocenters. The average molecular weight is 224 g/mol. The lowest BCUT2D eigenvalue weighted by molar-refractivity contribution is 1.01. The van der Waals surface area contributed by atoms with Gasteiger partial charge < -0.3 is 10.7 Å². The Bertz CT molecular complexity index is 652. The van der Waals surface area contributed by atoms with Crippen LogP contribution < -0.4 is 5.73 Å². The zero-order chi connectivity index (χ0) is 11.7. The SMILES string of the molecule is NCc1cnc(-c2nccc3ccccc23)[nH]1. The Labute approximate surface area is 98.5 Å². The number of pyridine rings is 1. The number of nitrogens with two attached hydrogens (primary N) is 1. The van der Waals surface area contributed by atoms with Gasteiger partial charge in [0.15, 0.2) is 5.82 Å². The lowest BCUT2D eigenvalue weighted by Crippen LogP contribution is -1.96. The van der Waals surface area contributed by atoms with Gasteiger partial charge in [0.1, 0.15) is 5.69 Å². The van der Waals surface area contributed by atoms with Crippen molar-refractivity contribution in [3.05, 3.63) is 48.4 Å². The minimum Gasteiger partial charge on any atom is -0.339 e. The normalized spacial score (nSPS) is 10.9. The van der Waals surface area contributed by atoms with Crippen LogP contribution in [0.3, 0.4) is 0 Å². The van der Waals surface area contributed by atoms with E-state index in [2.05, 4.69) is 21.0 Å². The second-order valence-corrected chi connectivity index (χ2v) is 3.84. The molecule has 17 heavy (non-hydrogen) atoms. The molecule has 0 spiro atoms. The maximum Gasteiger partial charge on any atom is 0.156 e. The molecule has 3 rings (SSSR count). The van der Waals surface area contributed by atoms with Gasteiger partial charge in [-0.15, -0.1) is 0 Å². The highest BCUT2D eigenvalue weighted by molar-refractivity contribution is 5.92. The first kappa shape index (κ1) is 9.99. The van der Waals surface area contributed by atoms with Gasteiger partial charge >= 0.3 is 0 Å². The minimum atomic E-state index is 0.456. The number of benzene rings is 1. The Morgan fingerprint density at radius 2 is 2.00 bits per heavy atom. The van der Waals surface area contributed by atoms with Gasteiger partial charge in [0.2, 0.25) is 0 Å². The van der Waals surface area contributed by atoms with Crippen LogP contribution in [0.25, 0.3) is 22.3 Å². The molecule has 0 radical (unpaired) electrons. The smallest absolute Gasteiger partial charge is 0.156 e. The number of fused-ring (bicyclic) bond motifs is 1. The Morgan fingerprint density at radius 1 is 1.12 bits per heavy atom. The van der Waals surface area contributed by atoms with Crippen molar-refractivity contribution in [3.63, 3.8) is 0 Å². The number of hydrogen-bond acceptors (Lipinski definition) is 3. The van der Waals surface area contributed by atoms with Gasteiger partial charge in [-0.05, 0) is 11.5 Å². The highest BCUT2D eigenvalue weighted by Crippen LogP contribution is 2.23. The number of imidazole rings is 1. The summed E-state index contributed by atoms with van der Waals surface area (Å²) in [6.07, 6.45) is 3.54. The highest BCUT2D eigenvalue weighted by atomic mass is 15.0. The standard InChI is InChI=1S/C13H12N4/c14-7-10-8-16-13(17-10)12-11-4-2-1-3-9(11)5-6-15-12/h1-6,8H,7,14H2,(H,16,17). The molecule has 0 amide bonds. The van der Waals surface area contributed by atoms with Crippen molar-refractivity contribution in [2.45, 2.75) is 6.54 Å². The number of rotatable bonds is 2. The predicted octanol–water partition coefficient (Wildman–Crippen LogP) is 2.08. The van der Waals surface area contributed by atoms with Crippen LogP contribution in [0.1, 0.15) is 5.69 Å². The molecule has 0 fully saturated rings. The third kappa shape index (κ3) is 1.68. The first-order valence-corrected chi connectivity index (χ1v) is 5.46. The van der Waals surface area contributed by atoms with Gasteiger partial charge in [0.05, 0.1) is 0 Å². The van der Waals surface area contributed by atoms with E-state index in [4.69, 9.17) is 5.73 Å². The molecule has 4 heteroatoms.